The van der Waals surface area contributed by atoms with Gasteiger partial charge >= 0.3 is 0 Å². The van der Waals surface area contributed by atoms with Crippen molar-refractivity contribution in [3.63, 3.8) is 0 Å². The SMILES string of the molecule is C[C@H](NC(=O)Cc1ccccc1)c1nc2ccccc2[nH]1. The molecule has 0 fully saturated rings. The van der Waals surface area contributed by atoms with Crippen LogP contribution in [0.25, 0.3) is 11.0 Å². The van der Waals surface area contributed by atoms with Crippen LogP contribution in [-0.4, -0.2) is 15.9 Å². The first-order valence-corrected chi connectivity index (χ1v) is 7.00. The highest BCUT2D eigenvalue weighted by Crippen LogP contribution is 2.15. The molecule has 1 amide bonds. The van der Waals surface area contributed by atoms with Crippen molar-refractivity contribution in [1.29, 1.82) is 0 Å². The van der Waals surface area contributed by atoms with E-state index in [1.807, 2.05) is 61.5 Å². The number of rotatable bonds is 4. The Morgan fingerprint density at radius 3 is 2.62 bits per heavy atom. The van der Waals surface area contributed by atoms with Crippen LogP contribution in [0, 0.1) is 0 Å². The Bertz CT molecular complexity index is 716. The Hall–Kier alpha value is -2.62. The van der Waals surface area contributed by atoms with Gasteiger partial charge in [-0.1, -0.05) is 42.5 Å². The fourth-order valence-electron chi connectivity index (χ4n) is 2.32. The van der Waals surface area contributed by atoms with Crippen LogP contribution in [-0.2, 0) is 11.2 Å². The average molecular weight is 279 g/mol. The lowest BCUT2D eigenvalue weighted by Crippen LogP contribution is -2.28. The van der Waals surface area contributed by atoms with Gasteiger partial charge in [-0.05, 0) is 24.6 Å². The number of aromatic nitrogens is 2. The van der Waals surface area contributed by atoms with Crippen LogP contribution in [0.5, 0.6) is 0 Å². The zero-order valence-corrected chi connectivity index (χ0v) is 11.8. The molecule has 21 heavy (non-hydrogen) atoms. The molecule has 0 saturated carbocycles. The minimum atomic E-state index is -0.145. The molecule has 0 spiro atoms. The third-order valence-electron chi connectivity index (χ3n) is 3.40. The Morgan fingerprint density at radius 1 is 1.14 bits per heavy atom. The third-order valence-corrected chi connectivity index (χ3v) is 3.40. The van der Waals surface area contributed by atoms with Crippen LogP contribution >= 0.6 is 0 Å². The highest BCUT2D eigenvalue weighted by molar-refractivity contribution is 5.79. The molecule has 1 heterocycles. The van der Waals surface area contributed by atoms with Gasteiger partial charge in [-0.15, -0.1) is 0 Å². The van der Waals surface area contributed by atoms with E-state index in [0.29, 0.717) is 6.42 Å². The average Bonchev–Trinajstić information content (AvgIpc) is 2.92. The van der Waals surface area contributed by atoms with Crippen molar-refractivity contribution >= 4 is 16.9 Å². The summed E-state index contributed by atoms with van der Waals surface area (Å²) >= 11 is 0. The summed E-state index contributed by atoms with van der Waals surface area (Å²) in [5, 5.41) is 2.97. The van der Waals surface area contributed by atoms with Crippen molar-refractivity contribution in [2.75, 3.05) is 0 Å². The molecule has 1 aromatic heterocycles. The molecular weight excluding hydrogens is 262 g/mol. The molecule has 2 N–H and O–H groups in total. The lowest BCUT2D eigenvalue weighted by Gasteiger charge is -2.11. The number of para-hydroxylation sites is 2. The van der Waals surface area contributed by atoms with E-state index in [4.69, 9.17) is 0 Å². The van der Waals surface area contributed by atoms with E-state index in [0.717, 1.165) is 22.4 Å². The Kier molecular flexibility index (Phi) is 3.69. The number of amides is 1. The second-order valence-electron chi connectivity index (χ2n) is 5.09. The molecule has 106 valence electrons. The first-order valence-electron chi connectivity index (χ1n) is 7.00. The third kappa shape index (κ3) is 3.11. The highest BCUT2D eigenvalue weighted by atomic mass is 16.1. The zero-order valence-electron chi connectivity index (χ0n) is 11.8. The topological polar surface area (TPSA) is 57.8 Å². The van der Waals surface area contributed by atoms with Crippen LogP contribution in [0.3, 0.4) is 0 Å². The summed E-state index contributed by atoms with van der Waals surface area (Å²) in [5.41, 5.74) is 2.90. The van der Waals surface area contributed by atoms with Crippen molar-refractivity contribution < 1.29 is 4.79 Å². The molecule has 3 rings (SSSR count). The standard InChI is InChI=1S/C17H17N3O/c1-12(17-19-14-9-5-6-10-15(14)20-17)18-16(21)11-13-7-3-2-4-8-13/h2-10,12H,11H2,1H3,(H,18,21)(H,19,20)/t12-/m0/s1. The van der Waals surface area contributed by atoms with Gasteiger partial charge in [-0.3, -0.25) is 4.79 Å². The first kappa shape index (κ1) is 13.4. The number of benzene rings is 2. The number of hydrogen-bond acceptors (Lipinski definition) is 2. The molecule has 1 atom stereocenters. The first-order chi connectivity index (χ1) is 10.2. The number of carbonyl (C=O) groups is 1. The number of fused-ring (bicyclic) bond motifs is 1. The van der Waals surface area contributed by atoms with Crippen LogP contribution in [0.15, 0.2) is 54.6 Å². The molecule has 4 nitrogen and oxygen atoms in total. The van der Waals surface area contributed by atoms with Gasteiger partial charge in [-0.25, -0.2) is 4.98 Å². The fourth-order valence-corrected chi connectivity index (χ4v) is 2.32. The molecule has 4 heteroatoms. The lowest BCUT2D eigenvalue weighted by atomic mass is 10.1. The van der Waals surface area contributed by atoms with Gasteiger partial charge in [0.2, 0.25) is 5.91 Å². The van der Waals surface area contributed by atoms with E-state index in [1.165, 1.54) is 0 Å². The van der Waals surface area contributed by atoms with Gasteiger partial charge < -0.3 is 10.3 Å². The van der Waals surface area contributed by atoms with Crippen LogP contribution in [0.2, 0.25) is 0 Å². The van der Waals surface area contributed by atoms with E-state index in [2.05, 4.69) is 15.3 Å². The molecule has 0 aliphatic rings. The molecule has 0 aliphatic heterocycles. The molecule has 0 unspecified atom stereocenters. The predicted octanol–water partition coefficient (Wildman–Crippen LogP) is 2.98. The fraction of sp³-hybridized carbons (Fsp3) is 0.176. The van der Waals surface area contributed by atoms with E-state index in [1.54, 1.807) is 0 Å². The van der Waals surface area contributed by atoms with Crippen LogP contribution in [0.4, 0.5) is 0 Å². The van der Waals surface area contributed by atoms with Crippen molar-refractivity contribution in [2.24, 2.45) is 0 Å². The molecule has 0 aliphatic carbocycles. The van der Waals surface area contributed by atoms with Crippen molar-refractivity contribution in [1.82, 2.24) is 15.3 Å². The minimum absolute atomic E-state index is 0.00541. The molecule has 0 radical (unpaired) electrons. The number of hydrogen-bond donors (Lipinski definition) is 2. The van der Waals surface area contributed by atoms with E-state index in [-0.39, 0.29) is 11.9 Å². The van der Waals surface area contributed by atoms with Crippen molar-refractivity contribution in [3.05, 3.63) is 66.0 Å². The maximum atomic E-state index is 12.1. The van der Waals surface area contributed by atoms with Gasteiger partial charge in [0.25, 0.3) is 0 Å². The molecule has 3 aromatic rings. The van der Waals surface area contributed by atoms with Gasteiger partial charge in [0, 0.05) is 0 Å². The van der Waals surface area contributed by atoms with Gasteiger partial charge in [0.15, 0.2) is 0 Å². The summed E-state index contributed by atoms with van der Waals surface area (Å²) in [7, 11) is 0. The van der Waals surface area contributed by atoms with Crippen LogP contribution < -0.4 is 5.32 Å². The second-order valence-corrected chi connectivity index (χ2v) is 5.09. The van der Waals surface area contributed by atoms with Gasteiger partial charge in [0.05, 0.1) is 23.5 Å². The quantitative estimate of drug-likeness (QED) is 0.771. The number of imidazole rings is 1. The zero-order chi connectivity index (χ0) is 14.7. The van der Waals surface area contributed by atoms with Crippen LogP contribution in [0.1, 0.15) is 24.4 Å². The Morgan fingerprint density at radius 2 is 1.86 bits per heavy atom. The van der Waals surface area contributed by atoms with E-state index >= 15 is 0 Å². The Labute approximate surface area is 123 Å². The largest absolute Gasteiger partial charge is 0.346 e. The molecule has 2 aromatic carbocycles. The number of aromatic amines is 1. The minimum Gasteiger partial charge on any atom is -0.346 e. The summed E-state index contributed by atoms with van der Waals surface area (Å²) in [5.74, 6) is 0.770. The normalized spacial score (nSPS) is 12.2. The number of carbonyl (C=O) groups excluding carboxylic acids is 1. The maximum absolute atomic E-state index is 12.1. The summed E-state index contributed by atoms with van der Waals surface area (Å²) in [6.45, 7) is 1.93. The van der Waals surface area contributed by atoms with Gasteiger partial charge in [-0.2, -0.15) is 0 Å². The monoisotopic (exact) mass is 279 g/mol. The predicted molar refractivity (Wildman–Crippen MR) is 82.8 cm³/mol. The second kappa shape index (κ2) is 5.79. The molecular formula is C17H17N3O. The van der Waals surface area contributed by atoms with E-state index in [9.17, 15) is 4.79 Å². The maximum Gasteiger partial charge on any atom is 0.224 e. The smallest absolute Gasteiger partial charge is 0.224 e. The van der Waals surface area contributed by atoms with Gasteiger partial charge in [0.1, 0.15) is 5.82 Å². The summed E-state index contributed by atoms with van der Waals surface area (Å²) < 4.78 is 0. The Balaban J connectivity index is 1.68. The molecule has 0 saturated heterocycles. The molecule has 0 bridgehead atoms. The number of H-pyrrole nitrogens is 1. The van der Waals surface area contributed by atoms with Crippen molar-refractivity contribution in [3.8, 4) is 0 Å². The summed E-state index contributed by atoms with van der Waals surface area (Å²) in [6.07, 6.45) is 0.380. The highest BCUT2D eigenvalue weighted by Gasteiger charge is 2.13. The number of nitrogens with one attached hydrogen (secondary N) is 2. The summed E-state index contributed by atoms with van der Waals surface area (Å²) in [6, 6.07) is 17.4. The lowest BCUT2D eigenvalue weighted by molar-refractivity contribution is -0.121. The van der Waals surface area contributed by atoms with Crippen molar-refractivity contribution in [2.45, 2.75) is 19.4 Å². The number of nitrogens with zero attached hydrogens (tertiary/aromatic N) is 1. The van der Waals surface area contributed by atoms with E-state index < -0.39 is 0 Å². The summed E-state index contributed by atoms with van der Waals surface area (Å²) in [4.78, 5) is 19.8.